The van der Waals surface area contributed by atoms with E-state index in [0.29, 0.717) is 0 Å². The Kier molecular flexibility index (Phi) is 3.13. The summed E-state index contributed by atoms with van der Waals surface area (Å²) in [6.07, 6.45) is 4.02. The van der Waals surface area contributed by atoms with Gasteiger partial charge in [0.05, 0.1) is 12.7 Å². The van der Waals surface area contributed by atoms with Gasteiger partial charge in [-0.25, -0.2) is 0 Å². The first-order valence-corrected chi connectivity index (χ1v) is 6.86. The Morgan fingerprint density at radius 1 is 1.33 bits per heavy atom. The maximum atomic E-state index is 4.40. The van der Waals surface area contributed by atoms with Crippen molar-refractivity contribution in [3.63, 3.8) is 0 Å². The monoisotopic (exact) mass is 257 g/mol. The number of thiophene rings is 1. The minimum atomic E-state index is 0.841. The van der Waals surface area contributed by atoms with Crippen molar-refractivity contribution in [2.75, 3.05) is 7.05 Å². The zero-order valence-corrected chi connectivity index (χ0v) is 11.1. The number of aromatic nitrogens is 2. The Labute approximate surface area is 110 Å². The van der Waals surface area contributed by atoms with Crippen LogP contribution < -0.4 is 5.32 Å². The van der Waals surface area contributed by atoms with Gasteiger partial charge in [-0.15, -0.1) is 11.3 Å². The van der Waals surface area contributed by atoms with Crippen LogP contribution in [0.5, 0.6) is 0 Å². The summed E-state index contributed by atoms with van der Waals surface area (Å²) in [5.74, 6) is 0. The number of hydrogen-bond acceptors (Lipinski definition) is 3. The topological polar surface area (TPSA) is 29.9 Å². The van der Waals surface area contributed by atoms with Crippen molar-refractivity contribution >= 4 is 21.4 Å². The Morgan fingerprint density at radius 3 is 3.11 bits per heavy atom. The van der Waals surface area contributed by atoms with Crippen LogP contribution in [0, 0.1) is 0 Å². The molecule has 1 aromatic carbocycles. The van der Waals surface area contributed by atoms with E-state index in [9.17, 15) is 0 Å². The highest BCUT2D eigenvalue weighted by atomic mass is 32.1. The lowest BCUT2D eigenvalue weighted by Crippen LogP contribution is -2.04. The summed E-state index contributed by atoms with van der Waals surface area (Å²) in [7, 11) is 1.95. The molecule has 0 saturated heterocycles. The largest absolute Gasteiger partial charge is 0.316 e. The van der Waals surface area contributed by atoms with Crippen LogP contribution >= 0.6 is 11.3 Å². The Bertz CT molecular complexity index is 654. The van der Waals surface area contributed by atoms with Gasteiger partial charge in [-0.3, -0.25) is 4.68 Å². The number of fused-ring (bicyclic) bond motifs is 1. The van der Waals surface area contributed by atoms with E-state index in [1.54, 1.807) is 11.3 Å². The Hall–Kier alpha value is -1.65. The van der Waals surface area contributed by atoms with E-state index in [0.717, 1.165) is 13.1 Å². The molecule has 0 spiro atoms. The molecule has 3 rings (SSSR count). The fourth-order valence-corrected chi connectivity index (χ4v) is 3.07. The molecule has 3 aromatic rings. The van der Waals surface area contributed by atoms with Crippen molar-refractivity contribution in [1.29, 1.82) is 0 Å². The molecule has 92 valence electrons. The van der Waals surface area contributed by atoms with Crippen LogP contribution in [0.15, 0.2) is 42.0 Å². The van der Waals surface area contributed by atoms with Gasteiger partial charge in [-0.2, -0.15) is 5.10 Å². The molecule has 2 aromatic heterocycles. The van der Waals surface area contributed by atoms with Crippen molar-refractivity contribution in [3.8, 4) is 0 Å². The fourth-order valence-electron chi connectivity index (χ4n) is 2.12. The van der Waals surface area contributed by atoms with Gasteiger partial charge in [-0.05, 0) is 29.4 Å². The smallest absolute Gasteiger partial charge is 0.0673 e. The van der Waals surface area contributed by atoms with Crippen LogP contribution in [0.3, 0.4) is 0 Å². The molecule has 1 N–H and O–H groups in total. The van der Waals surface area contributed by atoms with Crippen LogP contribution in [0.2, 0.25) is 0 Å². The summed E-state index contributed by atoms with van der Waals surface area (Å²) in [6.45, 7) is 1.71. The molecule has 0 amide bonds. The highest BCUT2D eigenvalue weighted by molar-refractivity contribution is 7.17. The molecule has 0 fully saturated rings. The molecular weight excluding hydrogens is 242 g/mol. The Morgan fingerprint density at radius 2 is 2.22 bits per heavy atom. The minimum Gasteiger partial charge on any atom is -0.316 e. The number of nitrogens with zero attached hydrogens (tertiary/aromatic N) is 2. The van der Waals surface area contributed by atoms with Gasteiger partial charge in [0, 0.05) is 23.0 Å². The molecule has 0 aliphatic heterocycles. The first kappa shape index (κ1) is 11.4. The lowest BCUT2D eigenvalue weighted by molar-refractivity contribution is 0.689. The zero-order valence-electron chi connectivity index (χ0n) is 10.3. The van der Waals surface area contributed by atoms with Gasteiger partial charge in [0.1, 0.15) is 0 Å². The third-order valence-corrected chi connectivity index (χ3v) is 3.97. The number of benzene rings is 1. The van der Waals surface area contributed by atoms with Gasteiger partial charge >= 0.3 is 0 Å². The molecule has 0 radical (unpaired) electrons. The predicted molar refractivity (Wildman–Crippen MR) is 75.9 cm³/mol. The van der Waals surface area contributed by atoms with E-state index in [-0.39, 0.29) is 0 Å². The van der Waals surface area contributed by atoms with E-state index in [4.69, 9.17) is 0 Å². The van der Waals surface area contributed by atoms with Crippen molar-refractivity contribution in [2.45, 2.75) is 13.1 Å². The van der Waals surface area contributed by atoms with Gasteiger partial charge in [-0.1, -0.05) is 18.2 Å². The molecule has 0 unspecified atom stereocenters. The molecule has 0 aliphatic rings. The van der Waals surface area contributed by atoms with E-state index in [2.05, 4.69) is 46.3 Å². The molecular formula is C14H15N3S. The van der Waals surface area contributed by atoms with Crippen molar-refractivity contribution in [3.05, 3.63) is 53.2 Å². The molecule has 0 saturated carbocycles. The first-order chi connectivity index (χ1) is 8.86. The molecule has 0 bridgehead atoms. The first-order valence-electron chi connectivity index (χ1n) is 5.98. The fraction of sp³-hybridized carbons (Fsp3) is 0.214. The summed E-state index contributed by atoms with van der Waals surface area (Å²) < 4.78 is 3.34. The molecule has 2 heterocycles. The molecule has 18 heavy (non-hydrogen) atoms. The molecule has 0 atom stereocenters. The summed E-state index contributed by atoms with van der Waals surface area (Å²) in [6, 6.07) is 8.52. The van der Waals surface area contributed by atoms with E-state index >= 15 is 0 Å². The maximum absolute atomic E-state index is 4.40. The minimum absolute atomic E-state index is 0.841. The number of nitrogens with one attached hydrogen (secondary N) is 1. The van der Waals surface area contributed by atoms with Crippen molar-refractivity contribution in [2.24, 2.45) is 0 Å². The van der Waals surface area contributed by atoms with Crippen LogP contribution in [0.1, 0.15) is 11.1 Å². The number of rotatable bonds is 4. The van der Waals surface area contributed by atoms with Crippen LogP contribution in [0.4, 0.5) is 0 Å². The second kappa shape index (κ2) is 4.92. The normalized spacial score (nSPS) is 11.2. The van der Waals surface area contributed by atoms with Crippen LogP contribution in [-0.4, -0.2) is 16.8 Å². The second-order valence-electron chi connectivity index (χ2n) is 4.33. The zero-order chi connectivity index (χ0) is 12.4. The average molecular weight is 257 g/mol. The van der Waals surface area contributed by atoms with Gasteiger partial charge < -0.3 is 5.32 Å². The maximum Gasteiger partial charge on any atom is 0.0673 e. The van der Waals surface area contributed by atoms with E-state index in [1.165, 1.54) is 21.2 Å². The third-order valence-electron chi connectivity index (χ3n) is 2.96. The number of hydrogen-bond donors (Lipinski definition) is 1. The lowest BCUT2D eigenvalue weighted by Gasteiger charge is -2.00. The molecule has 4 heteroatoms. The third kappa shape index (κ3) is 2.17. The van der Waals surface area contributed by atoms with E-state index in [1.807, 2.05) is 17.9 Å². The highest BCUT2D eigenvalue weighted by Gasteiger charge is 2.05. The van der Waals surface area contributed by atoms with Crippen LogP contribution in [-0.2, 0) is 13.1 Å². The molecule has 0 aliphatic carbocycles. The SMILES string of the molecule is CNCc1cnn(Cc2csc3ccccc23)c1. The summed E-state index contributed by atoms with van der Waals surface area (Å²) in [4.78, 5) is 0. The lowest BCUT2D eigenvalue weighted by atomic mass is 10.2. The quantitative estimate of drug-likeness (QED) is 0.779. The average Bonchev–Trinajstić information content (AvgIpc) is 2.99. The van der Waals surface area contributed by atoms with Crippen LogP contribution in [0.25, 0.3) is 10.1 Å². The van der Waals surface area contributed by atoms with Crippen molar-refractivity contribution in [1.82, 2.24) is 15.1 Å². The van der Waals surface area contributed by atoms with Gasteiger partial charge in [0.15, 0.2) is 0 Å². The van der Waals surface area contributed by atoms with Crippen molar-refractivity contribution < 1.29 is 0 Å². The molecule has 3 nitrogen and oxygen atoms in total. The second-order valence-corrected chi connectivity index (χ2v) is 5.24. The van der Waals surface area contributed by atoms with Gasteiger partial charge in [0.25, 0.3) is 0 Å². The summed E-state index contributed by atoms with van der Waals surface area (Å²) in [5, 5.41) is 11.1. The summed E-state index contributed by atoms with van der Waals surface area (Å²) >= 11 is 1.80. The highest BCUT2D eigenvalue weighted by Crippen LogP contribution is 2.26. The predicted octanol–water partition coefficient (Wildman–Crippen LogP) is 2.87. The van der Waals surface area contributed by atoms with Gasteiger partial charge in [0.2, 0.25) is 0 Å². The summed E-state index contributed by atoms with van der Waals surface area (Å²) in [5.41, 5.74) is 2.56. The standard InChI is InChI=1S/C14H15N3S/c1-15-6-11-7-16-17(8-11)9-12-10-18-14-5-3-2-4-13(12)14/h2-5,7-8,10,15H,6,9H2,1H3. The van der Waals surface area contributed by atoms with E-state index < -0.39 is 0 Å². The Balaban J connectivity index is 1.87.